The van der Waals surface area contributed by atoms with E-state index in [4.69, 9.17) is 10.5 Å². The molecule has 128 valence electrons. The zero-order valence-electron chi connectivity index (χ0n) is 12.5. The molecule has 23 heavy (non-hydrogen) atoms. The van der Waals surface area contributed by atoms with Crippen molar-refractivity contribution in [3.05, 3.63) is 24.3 Å². The number of carbonyl (C=O) groups is 1. The van der Waals surface area contributed by atoms with E-state index in [2.05, 4.69) is 15.0 Å². The third-order valence-electron chi connectivity index (χ3n) is 2.50. The minimum atomic E-state index is -4.80. The number of aliphatic imine (C=N–C) groups is 1. The molecular formula is C14H18F3N3O3. The Kier molecular flexibility index (Phi) is 7.17. The van der Waals surface area contributed by atoms with Gasteiger partial charge in [-0.3, -0.25) is 9.79 Å². The predicted molar refractivity (Wildman–Crippen MR) is 79.1 cm³/mol. The van der Waals surface area contributed by atoms with Gasteiger partial charge in [-0.15, -0.1) is 13.2 Å². The Hall–Kier alpha value is -2.45. The van der Waals surface area contributed by atoms with Crippen molar-refractivity contribution in [3.8, 4) is 5.75 Å². The second kappa shape index (κ2) is 8.86. The van der Waals surface area contributed by atoms with Gasteiger partial charge in [-0.25, -0.2) is 0 Å². The van der Waals surface area contributed by atoms with Gasteiger partial charge in [0.2, 0.25) is 0 Å². The van der Waals surface area contributed by atoms with Crippen LogP contribution >= 0.6 is 0 Å². The second-order valence-electron chi connectivity index (χ2n) is 4.34. The number of para-hydroxylation sites is 2. The molecular weight excluding hydrogens is 315 g/mol. The third kappa shape index (κ3) is 7.93. The fraction of sp³-hybridized carbons (Fsp3) is 0.429. The van der Waals surface area contributed by atoms with E-state index in [1.54, 1.807) is 6.92 Å². The molecule has 0 unspecified atom stereocenters. The second-order valence-corrected chi connectivity index (χ2v) is 4.34. The smallest absolute Gasteiger partial charge is 0.466 e. The van der Waals surface area contributed by atoms with Crippen LogP contribution in [-0.2, 0) is 9.53 Å². The van der Waals surface area contributed by atoms with Crippen LogP contribution in [0.5, 0.6) is 5.75 Å². The largest absolute Gasteiger partial charge is 0.573 e. The number of anilines is 1. The standard InChI is InChI=1S/C14H18F3N3O3/c1-2-22-12(21)8-5-9-19-13(18)20-10-6-3-4-7-11(10)23-14(15,16)17/h3-4,6-7H,2,5,8-9H2,1H3,(H3,18,19,20). The highest BCUT2D eigenvalue weighted by Crippen LogP contribution is 2.29. The van der Waals surface area contributed by atoms with Gasteiger partial charge in [0.25, 0.3) is 0 Å². The zero-order valence-corrected chi connectivity index (χ0v) is 12.5. The highest BCUT2D eigenvalue weighted by atomic mass is 19.4. The molecule has 3 N–H and O–H groups in total. The van der Waals surface area contributed by atoms with Crippen molar-refractivity contribution in [2.75, 3.05) is 18.5 Å². The zero-order chi connectivity index (χ0) is 17.3. The van der Waals surface area contributed by atoms with Crippen molar-refractivity contribution in [1.82, 2.24) is 0 Å². The molecule has 6 nitrogen and oxygen atoms in total. The highest BCUT2D eigenvalue weighted by molar-refractivity contribution is 5.93. The molecule has 0 amide bonds. The summed E-state index contributed by atoms with van der Waals surface area (Å²) in [6.45, 7) is 2.25. The Morgan fingerprint density at radius 3 is 2.70 bits per heavy atom. The lowest BCUT2D eigenvalue weighted by molar-refractivity contribution is -0.274. The third-order valence-corrected chi connectivity index (χ3v) is 2.50. The van der Waals surface area contributed by atoms with Crippen LogP contribution in [0, 0.1) is 0 Å². The summed E-state index contributed by atoms with van der Waals surface area (Å²) in [7, 11) is 0. The molecule has 1 rings (SSSR count). The Morgan fingerprint density at radius 2 is 2.04 bits per heavy atom. The summed E-state index contributed by atoms with van der Waals surface area (Å²) in [6.07, 6.45) is -4.19. The van der Waals surface area contributed by atoms with Crippen LogP contribution in [0.4, 0.5) is 18.9 Å². The Labute approximate surface area is 131 Å². The lowest BCUT2D eigenvalue weighted by Gasteiger charge is -2.14. The number of nitrogens with one attached hydrogen (secondary N) is 1. The minimum absolute atomic E-state index is 0.0384. The highest BCUT2D eigenvalue weighted by Gasteiger charge is 2.32. The summed E-state index contributed by atoms with van der Waals surface area (Å²) >= 11 is 0. The van der Waals surface area contributed by atoms with Gasteiger partial charge in [0.05, 0.1) is 12.3 Å². The van der Waals surface area contributed by atoms with Crippen molar-refractivity contribution >= 4 is 17.6 Å². The molecule has 1 aromatic rings. The Morgan fingerprint density at radius 1 is 1.35 bits per heavy atom. The van der Waals surface area contributed by atoms with Crippen LogP contribution in [-0.4, -0.2) is 31.4 Å². The SMILES string of the molecule is CCOC(=O)CCCN=C(N)Nc1ccccc1OC(F)(F)F. The summed E-state index contributed by atoms with van der Waals surface area (Å²) in [5.41, 5.74) is 5.64. The molecule has 9 heteroatoms. The summed E-state index contributed by atoms with van der Waals surface area (Å²) < 4.78 is 45.5. The van der Waals surface area contributed by atoms with Crippen LogP contribution < -0.4 is 15.8 Å². The number of hydrogen-bond donors (Lipinski definition) is 2. The molecule has 0 atom stereocenters. The molecule has 0 saturated carbocycles. The average molecular weight is 333 g/mol. The van der Waals surface area contributed by atoms with Crippen molar-refractivity contribution < 1.29 is 27.4 Å². The van der Waals surface area contributed by atoms with Crippen molar-refractivity contribution in [1.29, 1.82) is 0 Å². The van der Waals surface area contributed by atoms with Gasteiger partial charge in [-0.2, -0.15) is 0 Å². The number of alkyl halides is 3. The number of benzene rings is 1. The van der Waals surface area contributed by atoms with Gasteiger partial charge in [-0.1, -0.05) is 12.1 Å². The van der Waals surface area contributed by atoms with Crippen molar-refractivity contribution in [2.45, 2.75) is 26.1 Å². The van der Waals surface area contributed by atoms with Gasteiger partial charge in [0, 0.05) is 13.0 Å². The van der Waals surface area contributed by atoms with Crippen LogP contribution in [0.2, 0.25) is 0 Å². The number of rotatable bonds is 7. The normalized spacial score (nSPS) is 11.9. The van der Waals surface area contributed by atoms with Crippen LogP contribution in [0.25, 0.3) is 0 Å². The van der Waals surface area contributed by atoms with Gasteiger partial charge in [0.15, 0.2) is 11.7 Å². The van der Waals surface area contributed by atoms with E-state index in [-0.39, 0.29) is 30.6 Å². The number of carbonyl (C=O) groups excluding carboxylic acids is 1. The van der Waals surface area contributed by atoms with Gasteiger partial charge >= 0.3 is 12.3 Å². The molecule has 1 aromatic carbocycles. The average Bonchev–Trinajstić information content (AvgIpc) is 2.44. The lowest BCUT2D eigenvalue weighted by Crippen LogP contribution is -2.24. The number of esters is 1. The fourth-order valence-electron chi connectivity index (χ4n) is 1.62. The fourth-order valence-corrected chi connectivity index (χ4v) is 1.62. The molecule has 0 bridgehead atoms. The molecule has 0 radical (unpaired) electrons. The first-order chi connectivity index (χ1) is 10.8. The molecule has 0 saturated heterocycles. The number of ether oxygens (including phenoxy) is 2. The first-order valence-electron chi connectivity index (χ1n) is 6.89. The first kappa shape index (κ1) is 18.6. The summed E-state index contributed by atoms with van der Waals surface area (Å²) in [5.74, 6) is -0.824. The Bertz CT molecular complexity index is 548. The van der Waals surface area contributed by atoms with E-state index in [1.165, 1.54) is 18.2 Å². The minimum Gasteiger partial charge on any atom is -0.466 e. The van der Waals surface area contributed by atoms with Crippen molar-refractivity contribution in [2.24, 2.45) is 10.7 Å². The number of halogens is 3. The van der Waals surface area contributed by atoms with E-state index in [0.29, 0.717) is 13.0 Å². The van der Waals surface area contributed by atoms with Crippen LogP contribution in [0.1, 0.15) is 19.8 Å². The maximum atomic E-state index is 12.3. The lowest BCUT2D eigenvalue weighted by atomic mass is 10.3. The number of guanidine groups is 1. The quantitative estimate of drug-likeness (QED) is 0.347. The summed E-state index contributed by atoms with van der Waals surface area (Å²) in [4.78, 5) is 15.0. The molecule has 0 spiro atoms. The van der Waals surface area contributed by atoms with E-state index in [1.807, 2.05) is 0 Å². The maximum absolute atomic E-state index is 12.3. The number of hydrogen-bond acceptors (Lipinski definition) is 4. The Balaban J connectivity index is 2.55. The van der Waals surface area contributed by atoms with E-state index < -0.39 is 12.1 Å². The summed E-state index contributed by atoms with van der Waals surface area (Å²) in [6, 6.07) is 5.46. The molecule has 0 aromatic heterocycles. The topological polar surface area (TPSA) is 85.9 Å². The van der Waals surface area contributed by atoms with E-state index in [0.717, 1.165) is 6.07 Å². The van der Waals surface area contributed by atoms with E-state index >= 15 is 0 Å². The first-order valence-corrected chi connectivity index (χ1v) is 6.89. The van der Waals surface area contributed by atoms with Gasteiger partial charge in [-0.05, 0) is 25.5 Å². The van der Waals surface area contributed by atoms with E-state index in [9.17, 15) is 18.0 Å². The van der Waals surface area contributed by atoms with Crippen molar-refractivity contribution in [3.63, 3.8) is 0 Å². The number of nitrogens with two attached hydrogens (primary N) is 1. The summed E-state index contributed by atoms with van der Waals surface area (Å²) in [5, 5.41) is 2.53. The molecule has 0 fully saturated rings. The van der Waals surface area contributed by atoms with Crippen LogP contribution in [0.3, 0.4) is 0 Å². The maximum Gasteiger partial charge on any atom is 0.573 e. The monoisotopic (exact) mass is 333 g/mol. The molecule has 0 aliphatic rings. The molecule has 0 aliphatic carbocycles. The molecule has 0 heterocycles. The van der Waals surface area contributed by atoms with Crippen LogP contribution in [0.15, 0.2) is 29.3 Å². The predicted octanol–water partition coefficient (Wildman–Crippen LogP) is 2.66. The molecule has 0 aliphatic heterocycles. The van der Waals surface area contributed by atoms with Gasteiger partial charge in [0.1, 0.15) is 0 Å². The number of nitrogens with zero attached hydrogens (tertiary/aromatic N) is 1. The van der Waals surface area contributed by atoms with Gasteiger partial charge < -0.3 is 20.5 Å².